The zero-order valence-corrected chi connectivity index (χ0v) is 13.6. The molecule has 1 N–H and O–H groups in total. The van der Waals surface area contributed by atoms with Crippen molar-refractivity contribution in [2.24, 2.45) is 11.8 Å². The van der Waals surface area contributed by atoms with E-state index in [1.54, 1.807) is 13.2 Å². The van der Waals surface area contributed by atoms with Crippen LogP contribution in [0.1, 0.15) is 13.8 Å². The molecule has 0 amide bonds. The van der Waals surface area contributed by atoms with Crippen LogP contribution in [0.5, 0.6) is 5.88 Å². The van der Waals surface area contributed by atoms with Crippen molar-refractivity contribution < 1.29 is 13.2 Å². The molecule has 118 valence electrons. The Morgan fingerprint density at radius 3 is 2.67 bits per heavy atom. The van der Waals surface area contributed by atoms with Gasteiger partial charge in [-0.15, -0.1) is 0 Å². The van der Waals surface area contributed by atoms with Gasteiger partial charge in [-0.1, -0.05) is 13.8 Å². The molecule has 1 aromatic rings. The summed E-state index contributed by atoms with van der Waals surface area (Å²) in [5.41, 5.74) is 0. The molecule has 0 radical (unpaired) electrons. The number of ether oxygens (including phenoxy) is 1. The van der Waals surface area contributed by atoms with Crippen molar-refractivity contribution in [1.29, 1.82) is 0 Å². The van der Waals surface area contributed by atoms with E-state index in [-0.39, 0.29) is 12.0 Å². The standard InChI is InChI=1S/C13H22N4O3S/c1-9(2)10-6-17(7-11(10)16-21(4,18)19)12-5-13(20-3)15-8-14-12/h5,8-11,16H,6-7H2,1-4H3/t10-,11+/m0/s1. The van der Waals surface area contributed by atoms with Crippen molar-refractivity contribution in [3.05, 3.63) is 12.4 Å². The Kier molecular flexibility index (Phi) is 4.67. The number of aromatic nitrogens is 2. The van der Waals surface area contributed by atoms with Gasteiger partial charge in [0.1, 0.15) is 12.1 Å². The second-order valence-electron chi connectivity index (χ2n) is 5.73. The lowest BCUT2D eigenvalue weighted by atomic mass is 9.92. The zero-order valence-electron chi connectivity index (χ0n) is 12.8. The lowest BCUT2D eigenvalue weighted by Crippen LogP contribution is -2.41. The maximum atomic E-state index is 11.5. The molecule has 2 heterocycles. The fourth-order valence-corrected chi connectivity index (χ4v) is 3.50. The predicted octanol–water partition coefficient (Wildman–Crippen LogP) is 0.495. The molecule has 0 saturated carbocycles. The summed E-state index contributed by atoms with van der Waals surface area (Å²) < 4.78 is 30.9. The molecule has 1 fully saturated rings. The normalized spacial score (nSPS) is 22.8. The summed E-state index contributed by atoms with van der Waals surface area (Å²) in [7, 11) is -1.67. The highest BCUT2D eigenvalue weighted by molar-refractivity contribution is 7.88. The molecule has 0 spiro atoms. The van der Waals surface area contributed by atoms with Gasteiger partial charge in [0.25, 0.3) is 0 Å². The molecule has 1 aliphatic rings. The molecule has 0 bridgehead atoms. The van der Waals surface area contributed by atoms with Crippen molar-refractivity contribution in [3.8, 4) is 5.88 Å². The molecule has 0 unspecified atom stereocenters. The molecule has 0 aromatic carbocycles. The van der Waals surface area contributed by atoms with E-state index in [0.717, 1.165) is 12.4 Å². The summed E-state index contributed by atoms with van der Waals surface area (Å²) >= 11 is 0. The number of hydrogen-bond donors (Lipinski definition) is 1. The van der Waals surface area contributed by atoms with Crippen molar-refractivity contribution >= 4 is 15.8 Å². The van der Waals surface area contributed by atoms with E-state index in [1.807, 2.05) is 0 Å². The summed E-state index contributed by atoms with van der Waals surface area (Å²) in [4.78, 5) is 10.3. The summed E-state index contributed by atoms with van der Waals surface area (Å²) in [6, 6.07) is 1.65. The van der Waals surface area contributed by atoms with Gasteiger partial charge >= 0.3 is 0 Å². The van der Waals surface area contributed by atoms with Crippen LogP contribution in [0.25, 0.3) is 0 Å². The van der Waals surface area contributed by atoms with E-state index in [1.165, 1.54) is 12.6 Å². The quantitative estimate of drug-likeness (QED) is 0.852. The maximum absolute atomic E-state index is 11.5. The summed E-state index contributed by atoms with van der Waals surface area (Å²) in [6.45, 7) is 5.55. The molecule has 8 heteroatoms. The van der Waals surface area contributed by atoms with Gasteiger partial charge in [0.15, 0.2) is 0 Å². The van der Waals surface area contributed by atoms with Gasteiger partial charge < -0.3 is 9.64 Å². The first-order valence-electron chi connectivity index (χ1n) is 6.88. The second kappa shape index (κ2) is 6.15. The van der Waals surface area contributed by atoms with Gasteiger partial charge in [0, 0.05) is 25.2 Å². The van der Waals surface area contributed by atoms with Crippen LogP contribution in [0.2, 0.25) is 0 Å². The fourth-order valence-electron chi connectivity index (χ4n) is 2.71. The van der Waals surface area contributed by atoms with Crippen LogP contribution in [0.4, 0.5) is 5.82 Å². The first kappa shape index (κ1) is 16.0. The average molecular weight is 314 g/mol. The first-order chi connectivity index (χ1) is 9.80. The molecule has 2 rings (SSSR count). The van der Waals surface area contributed by atoms with Crippen LogP contribution in [-0.4, -0.2) is 50.9 Å². The lowest BCUT2D eigenvalue weighted by molar-refractivity contribution is 0.364. The number of anilines is 1. The highest BCUT2D eigenvalue weighted by Crippen LogP contribution is 2.28. The third-order valence-corrected chi connectivity index (χ3v) is 4.48. The van der Waals surface area contributed by atoms with Gasteiger partial charge in [0.05, 0.1) is 13.4 Å². The van der Waals surface area contributed by atoms with E-state index in [2.05, 4.69) is 33.4 Å². The number of nitrogens with one attached hydrogen (secondary N) is 1. The molecular weight excluding hydrogens is 292 g/mol. The minimum atomic E-state index is -3.23. The van der Waals surface area contributed by atoms with Crippen molar-refractivity contribution in [2.45, 2.75) is 19.9 Å². The number of nitrogens with zero attached hydrogens (tertiary/aromatic N) is 3. The monoisotopic (exact) mass is 314 g/mol. The Morgan fingerprint density at radius 2 is 2.10 bits per heavy atom. The van der Waals surface area contributed by atoms with E-state index >= 15 is 0 Å². The van der Waals surface area contributed by atoms with Gasteiger partial charge in [-0.05, 0) is 11.8 Å². The van der Waals surface area contributed by atoms with Gasteiger partial charge in [-0.2, -0.15) is 0 Å². The Labute approximate surface area is 125 Å². The van der Waals surface area contributed by atoms with E-state index in [4.69, 9.17) is 4.74 Å². The minimum absolute atomic E-state index is 0.110. The van der Waals surface area contributed by atoms with Crippen LogP contribution in [0.3, 0.4) is 0 Å². The summed E-state index contributed by atoms with van der Waals surface area (Å²) in [5, 5.41) is 0. The molecule has 1 aromatic heterocycles. The largest absolute Gasteiger partial charge is 0.481 e. The third-order valence-electron chi connectivity index (χ3n) is 3.75. The molecular formula is C13H22N4O3S. The Balaban J connectivity index is 2.20. The number of hydrogen-bond acceptors (Lipinski definition) is 6. The van der Waals surface area contributed by atoms with Crippen LogP contribution in [0, 0.1) is 11.8 Å². The minimum Gasteiger partial charge on any atom is -0.481 e. The molecule has 2 atom stereocenters. The Hall–Kier alpha value is -1.41. The smallest absolute Gasteiger partial charge is 0.218 e. The van der Waals surface area contributed by atoms with Crippen LogP contribution in [0.15, 0.2) is 12.4 Å². The van der Waals surface area contributed by atoms with Crippen molar-refractivity contribution in [3.63, 3.8) is 0 Å². The third kappa shape index (κ3) is 4.04. The highest BCUT2D eigenvalue weighted by Gasteiger charge is 2.36. The van der Waals surface area contributed by atoms with Gasteiger partial charge in [-0.25, -0.2) is 23.1 Å². The van der Waals surface area contributed by atoms with E-state index in [0.29, 0.717) is 18.3 Å². The summed E-state index contributed by atoms with van der Waals surface area (Å²) in [5.74, 6) is 1.87. The Bertz CT molecular complexity index is 591. The van der Waals surface area contributed by atoms with Crippen molar-refractivity contribution in [1.82, 2.24) is 14.7 Å². The zero-order chi connectivity index (χ0) is 15.6. The number of methoxy groups -OCH3 is 1. The molecule has 21 heavy (non-hydrogen) atoms. The highest BCUT2D eigenvalue weighted by atomic mass is 32.2. The Morgan fingerprint density at radius 1 is 1.38 bits per heavy atom. The van der Waals surface area contributed by atoms with Crippen LogP contribution in [-0.2, 0) is 10.0 Å². The fraction of sp³-hybridized carbons (Fsp3) is 0.692. The van der Waals surface area contributed by atoms with Gasteiger partial charge in [-0.3, -0.25) is 0 Å². The molecule has 1 aliphatic heterocycles. The maximum Gasteiger partial charge on any atom is 0.218 e. The molecule has 7 nitrogen and oxygen atoms in total. The predicted molar refractivity (Wildman–Crippen MR) is 80.9 cm³/mol. The molecule has 1 saturated heterocycles. The van der Waals surface area contributed by atoms with E-state index < -0.39 is 10.0 Å². The van der Waals surface area contributed by atoms with Gasteiger partial charge in [0.2, 0.25) is 15.9 Å². The molecule has 0 aliphatic carbocycles. The summed E-state index contributed by atoms with van der Waals surface area (Å²) in [6.07, 6.45) is 2.65. The lowest BCUT2D eigenvalue weighted by Gasteiger charge is -2.21. The first-order valence-corrected chi connectivity index (χ1v) is 8.77. The van der Waals surface area contributed by atoms with Crippen LogP contribution >= 0.6 is 0 Å². The second-order valence-corrected chi connectivity index (χ2v) is 7.51. The average Bonchev–Trinajstić information content (AvgIpc) is 2.80. The topological polar surface area (TPSA) is 84.4 Å². The van der Waals surface area contributed by atoms with Crippen molar-refractivity contribution in [2.75, 3.05) is 31.4 Å². The SMILES string of the molecule is COc1cc(N2C[C@@H](NS(C)(=O)=O)[C@H](C(C)C)C2)ncn1. The number of rotatable bonds is 5. The number of sulfonamides is 1. The van der Waals surface area contributed by atoms with E-state index in [9.17, 15) is 8.42 Å². The van der Waals surface area contributed by atoms with Crippen LogP contribution < -0.4 is 14.4 Å².